The third-order valence-corrected chi connectivity index (χ3v) is 2.01. The first-order valence-corrected chi connectivity index (χ1v) is 4.31. The maximum Gasteiger partial charge on any atom is 0.209 e. The Morgan fingerprint density at radius 2 is 2.36 bits per heavy atom. The average molecular weight is 190 g/mol. The van der Waals surface area contributed by atoms with Gasteiger partial charge in [-0.05, 0) is 25.1 Å². The minimum absolute atomic E-state index is 0.0178. The van der Waals surface area contributed by atoms with Crippen LogP contribution in [0.25, 0.3) is 11.1 Å². The van der Waals surface area contributed by atoms with Gasteiger partial charge < -0.3 is 10.2 Å². The van der Waals surface area contributed by atoms with E-state index >= 15 is 0 Å². The molecule has 2 N–H and O–H groups in total. The number of fused-ring (bicyclic) bond motifs is 1. The van der Waals surface area contributed by atoms with Crippen LogP contribution in [0, 0.1) is 0 Å². The Morgan fingerprint density at radius 3 is 3.00 bits per heavy atom. The molecule has 1 aromatic carbocycles. The molecule has 1 aromatic heterocycles. The third-order valence-electron chi connectivity index (χ3n) is 2.01. The van der Waals surface area contributed by atoms with Crippen LogP contribution in [0.1, 0.15) is 23.2 Å². The van der Waals surface area contributed by atoms with Gasteiger partial charge in [0.05, 0.1) is 6.54 Å². The molecule has 0 aliphatic rings. The zero-order valence-corrected chi connectivity index (χ0v) is 7.78. The number of nitrogens with zero attached hydrogens (tertiary/aromatic N) is 1. The quantitative estimate of drug-likeness (QED) is 0.728. The van der Waals surface area contributed by atoms with Crippen molar-refractivity contribution in [1.29, 1.82) is 0 Å². The molecular formula is C10H10N2O2. The summed E-state index contributed by atoms with van der Waals surface area (Å²) in [6.45, 7) is 1.79. The Hall–Kier alpha value is -1.68. The molecule has 0 bridgehead atoms. The number of benzene rings is 1. The van der Waals surface area contributed by atoms with Gasteiger partial charge in [0.25, 0.3) is 0 Å². The second kappa shape index (κ2) is 3.23. The molecule has 4 nitrogen and oxygen atoms in total. The predicted octanol–water partition coefficient (Wildman–Crippen LogP) is 1.49. The van der Waals surface area contributed by atoms with Gasteiger partial charge in [-0.25, -0.2) is 4.98 Å². The summed E-state index contributed by atoms with van der Waals surface area (Å²) >= 11 is 0. The van der Waals surface area contributed by atoms with E-state index in [4.69, 9.17) is 10.2 Å². The number of hydrogen-bond acceptors (Lipinski definition) is 4. The molecule has 14 heavy (non-hydrogen) atoms. The van der Waals surface area contributed by atoms with Gasteiger partial charge in [-0.3, -0.25) is 4.79 Å². The molecule has 72 valence electrons. The number of oxazole rings is 1. The van der Waals surface area contributed by atoms with Crippen molar-refractivity contribution >= 4 is 16.9 Å². The number of ketones is 1. The molecule has 2 rings (SSSR count). The highest BCUT2D eigenvalue weighted by Crippen LogP contribution is 2.17. The molecule has 0 spiro atoms. The molecule has 0 fully saturated rings. The molecule has 0 aliphatic carbocycles. The van der Waals surface area contributed by atoms with Crippen LogP contribution < -0.4 is 5.73 Å². The van der Waals surface area contributed by atoms with E-state index in [2.05, 4.69) is 4.98 Å². The Bertz CT molecular complexity index is 488. The van der Waals surface area contributed by atoms with E-state index in [9.17, 15) is 4.79 Å². The predicted molar refractivity (Wildman–Crippen MR) is 51.9 cm³/mol. The minimum Gasteiger partial charge on any atom is -0.439 e. The van der Waals surface area contributed by atoms with Crippen LogP contribution in [0.15, 0.2) is 22.6 Å². The highest BCUT2D eigenvalue weighted by molar-refractivity contribution is 5.96. The van der Waals surface area contributed by atoms with E-state index in [0.717, 1.165) is 0 Å². The Morgan fingerprint density at radius 1 is 1.57 bits per heavy atom. The molecule has 0 saturated heterocycles. The van der Waals surface area contributed by atoms with Gasteiger partial charge >= 0.3 is 0 Å². The van der Waals surface area contributed by atoms with E-state index in [1.165, 1.54) is 6.92 Å². The first kappa shape index (κ1) is 8.90. The number of rotatable bonds is 2. The molecular weight excluding hydrogens is 180 g/mol. The minimum atomic E-state index is 0.0178. The molecule has 1 heterocycles. The highest BCUT2D eigenvalue weighted by Gasteiger charge is 2.06. The molecule has 0 amide bonds. The number of hydrogen-bond donors (Lipinski definition) is 1. The summed E-state index contributed by atoms with van der Waals surface area (Å²) < 4.78 is 5.30. The fourth-order valence-electron chi connectivity index (χ4n) is 1.28. The third kappa shape index (κ3) is 1.40. The van der Waals surface area contributed by atoms with Crippen molar-refractivity contribution in [2.75, 3.05) is 0 Å². The number of nitrogens with two attached hydrogens (primary N) is 1. The van der Waals surface area contributed by atoms with Crippen molar-refractivity contribution in [2.45, 2.75) is 13.5 Å². The zero-order chi connectivity index (χ0) is 10.1. The summed E-state index contributed by atoms with van der Waals surface area (Å²) in [6.07, 6.45) is 0. The van der Waals surface area contributed by atoms with E-state index in [1.54, 1.807) is 18.2 Å². The Balaban J connectivity index is 2.59. The standard InChI is InChI=1S/C10H10N2O2/c1-6(13)7-2-3-9-8(4-7)12-10(5-11)14-9/h2-4H,5,11H2,1H3. The smallest absolute Gasteiger partial charge is 0.209 e. The summed E-state index contributed by atoms with van der Waals surface area (Å²) in [5, 5.41) is 0. The Kier molecular flexibility index (Phi) is 2.05. The number of aromatic nitrogens is 1. The van der Waals surface area contributed by atoms with Crippen molar-refractivity contribution in [3.8, 4) is 0 Å². The van der Waals surface area contributed by atoms with E-state index in [-0.39, 0.29) is 12.3 Å². The summed E-state index contributed by atoms with van der Waals surface area (Å²) in [6, 6.07) is 5.16. The van der Waals surface area contributed by atoms with E-state index < -0.39 is 0 Å². The molecule has 0 atom stereocenters. The van der Waals surface area contributed by atoms with Crippen molar-refractivity contribution in [2.24, 2.45) is 5.73 Å². The van der Waals surface area contributed by atoms with Gasteiger partial charge in [-0.2, -0.15) is 0 Å². The maximum absolute atomic E-state index is 11.1. The number of carbonyl (C=O) groups excluding carboxylic acids is 1. The van der Waals surface area contributed by atoms with Crippen LogP contribution in [0.5, 0.6) is 0 Å². The van der Waals surface area contributed by atoms with Crippen LogP contribution in [0.3, 0.4) is 0 Å². The number of Topliss-reactive ketones (excluding diaryl/α,β-unsaturated/α-hetero) is 1. The van der Waals surface area contributed by atoms with Crippen molar-refractivity contribution in [1.82, 2.24) is 4.98 Å². The van der Waals surface area contributed by atoms with Gasteiger partial charge in [0.15, 0.2) is 11.4 Å². The molecule has 0 saturated carbocycles. The summed E-state index contributed by atoms with van der Waals surface area (Å²) in [4.78, 5) is 15.2. The second-order valence-electron chi connectivity index (χ2n) is 3.05. The average Bonchev–Trinajstić information content (AvgIpc) is 2.58. The van der Waals surface area contributed by atoms with Gasteiger partial charge in [0, 0.05) is 5.56 Å². The lowest BCUT2D eigenvalue weighted by molar-refractivity contribution is 0.101. The normalized spacial score (nSPS) is 10.7. The van der Waals surface area contributed by atoms with Crippen molar-refractivity contribution in [3.63, 3.8) is 0 Å². The fourth-order valence-corrected chi connectivity index (χ4v) is 1.28. The van der Waals surface area contributed by atoms with Crippen LogP contribution >= 0.6 is 0 Å². The van der Waals surface area contributed by atoms with Gasteiger partial charge in [-0.15, -0.1) is 0 Å². The first-order valence-electron chi connectivity index (χ1n) is 4.31. The van der Waals surface area contributed by atoms with Gasteiger partial charge in [0.2, 0.25) is 5.89 Å². The fraction of sp³-hybridized carbons (Fsp3) is 0.200. The van der Waals surface area contributed by atoms with Crippen LogP contribution in [-0.2, 0) is 6.54 Å². The Labute approximate surface area is 80.7 Å². The summed E-state index contributed by atoms with van der Waals surface area (Å²) in [5.74, 6) is 0.505. The SMILES string of the molecule is CC(=O)c1ccc2oc(CN)nc2c1. The van der Waals surface area contributed by atoms with Crippen molar-refractivity contribution < 1.29 is 9.21 Å². The molecule has 4 heteroatoms. The van der Waals surface area contributed by atoms with E-state index in [0.29, 0.717) is 22.6 Å². The lowest BCUT2D eigenvalue weighted by atomic mass is 10.1. The lowest BCUT2D eigenvalue weighted by Crippen LogP contribution is -1.95. The summed E-state index contributed by atoms with van der Waals surface area (Å²) in [7, 11) is 0. The van der Waals surface area contributed by atoms with Crippen LogP contribution in [0.2, 0.25) is 0 Å². The van der Waals surface area contributed by atoms with Crippen LogP contribution in [-0.4, -0.2) is 10.8 Å². The largest absolute Gasteiger partial charge is 0.439 e. The van der Waals surface area contributed by atoms with Crippen LogP contribution in [0.4, 0.5) is 0 Å². The maximum atomic E-state index is 11.1. The monoisotopic (exact) mass is 190 g/mol. The number of carbonyl (C=O) groups is 1. The molecule has 0 aliphatic heterocycles. The van der Waals surface area contributed by atoms with Gasteiger partial charge in [0.1, 0.15) is 5.52 Å². The molecule has 0 radical (unpaired) electrons. The first-order chi connectivity index (χ1) is 6.70. The molecule has 0 unspecified atom stereocenters. The van der Waals surface area contributed by atoms with Crippen molar-refractivity contribution in [3.05, 3.63) is 29.7 Å². The van der Waals surface area contributed by atoms with Gasteiger partial charge in [-0.1, -0.05) is 0 Å². The second-order valence-corrected chi connectivity index (χ2v) is 3.05. The summed E-state index contributed by atoms with van der Waals surface area (Å²) in [5.41, 5.74) is 7.36. The highest BCUT2D eigenvalue weighted by atomic mass is 16.3. The zero-order valence-electron chi connectivity index (χ0n) is 7.78. The van der Waals surface area contributed by atoms with E-state index in [1.807, 2.05) is 0 Å². The molecule has 2 aromatic rings. The lowest BCUT2D eigenvalue weighted by Gasteiger charge is -1.92. The topological polar surface area (TPSA) is 69.1 Å².